The van der Waals surface area contributed by atoms with Crippen LogP contribution in [0.4, 0.5) is 17.6 Å². The number of aliphatic hydroxyl groups excluding tert-OH is 1. The Morgan fingerprint density at radius 2 is 1.95 bits per heavy atom. The van der Waals surface area contributed by atoms with Crippen molar-refractivity contribution in [3.63, 3.8) is 0 Å². The van der Waals surface area contributed by atoms with Gasteiger partial charge in [0.15, 0.2) is 9.73 Å². The van der Waals surface area contributed by atoms with Crippen LogP contribution in [-0.2, 0) is 14.5 Å². The number of hydrogen-bond acceptors (Lipinski definition) is 4. The van der Waals surface area contributed by atoms with Crippen LogP contribution in [0.25, 0.3) is 0 Å². The molecule has 1 saturated heterocycles. The minimum Gasteiger partial charge on any atom is -0.396 e. The van der Waals surface area contributed by atoms with Crippen molar-refractivity contribution in [3.05, 3.63) is 30.1 Å². The normalized spacial score (nSPS) is 20.4. The molecule has 0 radical (unpaired) electrons. The van der Waals surface area contributed by atoms with E-state index < -0.39 is 44.5 Å². The topological polar surface area (TPSA) is 58.9 Å². The lowest BCUT2D eigenvalue weighted by Crippen LogP contribution is -2.48. The van der Waals surface area contributed by atoms with Gasteiger partial charge in [0.2, 0.25) is 0 Å². The molecule has 1 unspecified atom stereocenters. The second kappa shape index (κ2) is 5.54. The number of benzene rings is 1. The molecule has 4 nitrogen and oxygen atoms in total. The van der Waals surface area contributed by atoms with E-state index in [4.69, 9.17) is 4.74 Å². The first-order chi connectivity index (χ1) is 9.74. The summed E-state index contributed by atoms with van der Waals surface area (Å²) in [7, 11) is -4.95. The molecule has 118 valence electrons. The van der Waals surface area contributed by atoms with E-state index in [1.54, 1.807) is 0 Å². The number of hydrogen-bond donors (Lipinski definition) is 1. The van der Waals surface area contributed by atoms with Crippen LogP contribution in [0.15, 0.2) is 33.5 Å². The van der Waals surface area contributed by atoms with Gasteiger partial charge < -0.3 is 9.84 Å². The Kier molecular flexibility index (Phi) is 4.27. The summed E-state index contributed by atoms with van der Waals surface area (Å²) < 4.78 is 73.4. The molecule has 21 heavy (non-hydrogen) atoms. The zero-order chi connectivity index (χ0) is 15.7. The Labute approximate surface area is 118 Å². The van der Waals surface area contributed by atoms with Gasteiger partial charge in [-0.15, -0.1) is 0 Å². The van der Waals surface area contributed by atoms with Gasteiger partial charge >= 0.3 is 5.51 Å². The van der Waals surface area contributed by atoms with E-state index in [1.165, 1.54) is 6.07 Å². The van der Waals surface area contributed by atoms with Crippen LogP contribution < -0.4 is 0 Å². The SMILES string of the molecule is O=S(=NCC1(CO)COC1)(c1ccccc1F)C(F)(F)F. The second-order valence-electron chi connectivity index (χ2n) is 4.84. The maximum absolute atomic E-state index is 13.6. The zero-order valence-electron chi connectivity index (χ0n) is 10.8. The fourth-order valence-electron chi connectivity index (χ4n) is 1.79. The van der Waals surface area contributed by atoms with Crippen LogP contribution in [0.5, 0.6) is 0 Å². The maximum Gasteiger partial charge on any atom is 0.483 e. The van der Waals surface area contributed by atoms with Crippen LogP contribution >= 0.6 is 0 Å². The summed E-state index contributed by atoms with van der Waals surface area (Å²) >= 11 is 0. The van der Waals surface area contributed by atoms with Crippen LogP contribution in [0, 0.1) is 11.2 Å². The molecule has 0 amide bonds. The highest BCUT2D eigenvalue weighted by atomic mass is 32.2. The van der Waals surface area contributed by atoms with E-state index in [0.29, 0.717) is 0 Å². The first kappa shape index (κ1) is 16.2. The summed E-state index contributed by atoms with van der Waals surface area (Å²) in [5, 5.41) is 9.17. The molecule has 1 atom stereocenters. The molecule has 1 N–H and O–H groups in total. The van der Waals surface area contributed by atoms with E-state index in [9.17, 15) is 26.9 Å². The zero-order valence-corrected chi connectivity index (χ0v) is 11.6. The van der Waals surface area contributed by atoms with Gasteiger partial charge in [0.25, 0.3) is 0 Å². The molecule has 0 bridgehead atoms. The molecular formula is C12H13F4NO3S. The fraction of sp³-hybridized carbons (Fsp3) is 0.500. The molecule has 9 heteroatoms. The molecule has 1 aromatic rings. The van der Waals surface area contributed by atoms with E-state index in [-0.39, 0.29) is 13.2 Å². The summed E-state index contributed by atoms with van der Waals surface area (Å²) in [6.45, 7) is -0.910. The predicted octanol–water partition coefficient (Wildman–Crippen LogP) is 2.18. The summed E-state index contributed by atoms with van der Waals surface area (Å²) in [5.74, 6) is -1.23. The third-order valence-corrected chi connectivity index (χ3v) is 5.23. The van der Waals surface area contributed by atoms with Gasteiger partial charge in [-0.25, -0.2) is 13.0 Å². The van der Waals surface area contributed by atoms with Crippen molar-refractivity contribution >= 4 is 9.73 Å². The van der Waals surface area contributed by atoms with Gasteiger partial charge in [-0.3, -0.25) is 0 Å². The summed E-state index contributed by atoms with van der Waals surface area (Å²) in [6.07, 6.45) is 0. The highest BCUT2D eigenvalue weighted by molar-refractivity contribution is 7.94. The second-order valence-corrected chi connectivity index (χ2v) is 7.05. The maximum atomic E-state index is 13.6. The van der Waals surface area contributed by atoms with Crippen molar-refractivity contribution < 1.29 is 31.6 Å². The van der Waals surface area contributed by atoms with Gasteiger partial charge in [-0.2, -0.15) is 13.2 Å². The van der Waals surface area contributed by atoms with Crippen molar-refractivity contribution in [1.29, 1.82) is 0 Å². The fourth-order valence-corrected chi connectivity index (χ4v) is 3.37. The Morgan fingerprint density at radius 1 is 1.33 bits per heavy atom. The number of alkyl halides is 3. The highest BCUT2D eigenvalue weighted by Crippen LogP contribution is 2.36. The average molecular weight is 327 g/mol. The molecular weight excluding hydrogens is 314 g/mol. The Balaban J connectivity index is 2.49. The lowest BCUT2D eigenvalue weighted by atomic mass is 9.87. The monoisotopic (exact) mass is 327 g/mol. The van der Waals surface area contributed by atoms with Gasteiger partial charge in [0, 0.05) is 0 Å². The average Bonchev–Trinajstić information content (AvgIpc) is 2.37. The number of nitrogens with zero attached hydrogens (tertiary/aromatic N) is 1. The summed E-state index contributed by atoms with van der Waals surface area (Å²) in [6, 6.07) is 3.96. The molecule has 0 aliphatic carbocycles. The van der Waals surface area contributed by atoms with Gasteiger partial charge in [-0.05, 0) is 12.1 Å². The van der Waals surface area contributed by atoms with Crippen LogP contribution in [0.1, 0.15) is 0 Å². The number of aliphatic hydroxyl groups is 1. The Bertz CT molecular complexity index is 628. The van der Waals surface area contributed by atoms with Crippen molar-refractivity contribution in [2.75, 3.05) is 26.4 Å². The number of rotatable bonds is 4. The molecule has 0 spiro atoms. The molecule has 1 aromatic carbocycles. The lowest BCUT2D eigenvalue weighted by molar-refractivity contribution is -0.130. The van der Waals surface area contributed by atoms with Crippen molar-refractivity contribution in [2.45, 2.75) is 10.4 Å². The van der Waals surface area contributed by atoms with Gasteiger partial charge in [-0.1, -0.05) is 12.1 Å². The van der Waals surface area contributed by atoms with E-state index in [2.05, 4.69) is 4.36 Å². The van der Waals surface area contributed by atoms with Crippen LogP contribution in [-0.4, -0.2) is 41.2 Å². The first-order valence-corrected chi connectivity index (χ1v) is 7.48. The molecule has 0 saturated carbocycles. The lowest BCUT2D eigenvalue weighted by Gasteiger charge is -2.38. The largest absolute Gasteiger partial charge is 0.483 e. The van der Waals surface area contributed by atoms with E-state index >= 15 is 0 Å². The Hall–Kier alpha value is -1.19. The highest BCUT2D eigenvalue weighted by Gasteiger charge is 2.47. The quantitative estimate of drug-likeness (QED) is 0.863. The molecule has 1 heterocycles. The summed E-state index contributed by atoms with van der Waals surface area (Å²) in [4.78, 5) is -0.995. The van der Waals surface area contributed by atoms with Gasteiger partial charge in [0.05, 0.1) is 36.7 Å². The standard InChI is InChI=1S/C12H13F4NO3S/c13-9-3-1-2-4-10(9)21(19,12(14,15)16)17-5-11(6-18)7-20-8-11/h1-4,18H,5-8H2. The number of halogens is 4. The van der Waals surface area contributed by atoms with Gasteiger partial charge in [0.1, 0.15) is 5.82 Å². The van der Waals surface area contributed by atoms with Crippen LogP contribution in [0.3, 0.4) is 0 Å². The van der Waals surface area contributed by atoms with E-state index in [1.807, 2.05) is 0 Å². The first-order valence-electron chi connectivity index (χ1n) is 5.96. The minimum atomic E-state index is -5.21. The number of ether oxygens (including phenoxy) is 1. The molecule has 1 aliphatic heterocycles. The molecule has 1 fully saturated rings. The van der Waals surface area contributed by atoms with Crippen molar-refractivity contribution in [3.8, 4) is 0 Å². The third kappa shape index (κ3) is 2.90. The smallest absolute Gasteiger partial charge is 0.396 e. The Morgan fingerprint density at radius 3 is 2.38 bits per heavy atom. The van der Waals surface area contributed by atoms with Crippen LogP contribution in [0.2, 0.25) is 0 Å². The molecule has 1 aliphatic rings. The van der Waals surface area contributed by atoms with Crippen molar-refractivity contribution in [2.24, 2.45) is 9.78 Å². The predicted molar refractivity (Wildman–Crippen MR) is 66.5 cm³/mol. The van der Waals surface area contributed by atoms with E-state index in [0.717, 1.165) is 18.2 Å². The minimum absolute atomic E-state index is 0.0254. The molecule has 0 aromatic heterocycles. The summed E-state index contributed by atoms with van der Waals surface area (Å²) in [5.41, 5.74) is -6.18. The van der Waals surface area contributed by atoms with Crippen molar-refractivity contribution in [1.82, 2.24) is 0 Å². The third-order valence-electron chi connectivity index (χ3n) is 3.18. The molecule has 2 rings (SSSR count).